The Kier molecular flexibility index (Phi) is 1.70. The van der Waals surface area contributed by atoms with Crippen LogP contribution in [-0.4, -0.2) is 6.61 Å². The molecule has 0 aliphatic carbocycles. The van der Waals surface area contributed by atoms with Gasteiger partial charge in [0.25, 0.3) is 0 Å². The molecule has 0 unspecified atom stereocenters. The van der Waals surface area contributed by atoms with E-state index in [4.69, 9.17) is 22.1 Å². The molecule has 0 bridgehead atoms. The molecule has 1 aliphatic heterocycles. The smallest absolute Gasteiger partial charge is 0.145 e. The Labute approximate surface area is 74.1 Å². The summed E-state index contributed by atoms with van der Waals surface area (Å²) in [4.78, 5) is 0. The Balaban J connectivity index is 2.56. The summed E-state index contributed by atoms with van der Waals surface area (Å²) in [6, 6.07) is 2.60. The van der Waals surface area contributed by atoms with Gasteiger partial charge in [-0.25, -0.2) is 4.39 Å². The van der Waals surface area contributed by atoms with Crippen LogP contribution in [0.25, 0.3) is 0 Å². The maximum atomic E-state index is 12.8. The lowest BCUT2D eigenvalue weighted by molar-refractivity contribution is 0.332. The van der Waals surface area contributed by atoms with Crippen LogP contribution in [0, 0.1) is 5.82 Å². The molecule has 0 amide bonds. The Morgan fingerprint density at radius 1 is 1.58 bits per heavy atom. The van der Waals surface area contributed by atoms with Crippen molar-refractivity contribution in [3.05, 3.63) is 28.5 Å². The number of nitrogens with two attached hydrogens (primary N) is 1. The van der Waals surface area contributed by atoms with E-state index in [1.165, 1.54) is 12.1 Å². The van der Waals surface area contributed by atoms with Crippen molar-refractivity contribution in [3.8, 4) is 5.75 Å². The van der Waals surface area contributed by atoms with Gasteiger partial charge in [-0.1, -0.05) is 11.6 Å². The third-order valence-corrected chi connectivity index (χ3v) is 2.16. The summed E-state index contributed by atoms with van der Waals surface area (Å²) < 4.78 is 18.0. The zero-order chi connectivity index (χ0) is 8.72. The van der Waals surface area contributed by atoms with Crippen LogP contribution < -0.4 is 10.5 Å². The Morgan fingerprint density at radius 3 is 3.08 bits per heavy atom. The van der Waals surface area contributed by atoms with E-state index in [0.29, 0.717) is 12.4 Å². The fourth-order valence-corrected chi connectivity index (χ4v) is 1.40. The van der Waals surface area contributed by atoms with Gasteiger partial charge in [0.05, 0.1) is 11.1 Å². The van der Waals surface area contributed by atoms with Crippen molar-refractivity contribution in [1.82, 2.24) is 0 Å². The number of halogens is 2. The molecular formula is C8H7ClFNO. The summed E-state index contributed by atoms with van der Waals surface area (Å²) in [6.07, 6.45) is 0. The predicted octanol–water partition coefficient (Wildman–Crippen LogP) is 1.87. The first-order chi connectivity index (χ1) is 5.68. The highest BCUT2D eigenvalue weighted by Crippen LogP contribution is 2.34. The Hall–Kier alpha value is -0.800. The van der Waals surface area contributed by atoms with Crippen molar-refractivity contribution in [1.29, 1.82) is 0 Å². The normalized spacial score (nSPS) is 20.4. The van der Waals surface area contributed by atoms with Gasteiger partial charge in [-0.3, -0.25) is 0 Å². The van der Waals surface area contributed by atoms with E-state index >= 15 is 0 Å². The van der Waals surface area contributed by atoms with Crippen molar-refractivity contribution < 1.29 is 9.13 Å². The summed E-state index contributed by atoms with van der Waals surface area (Å²) in [6.45, 7) is 0.398. The number of ether oxygens (including phenoxy) is 1. The van der Waals surface area contributed by atoms with E-state index in [-0.39, 0.29) is 11.1 Å². The van der Waals surface area contributed by atoms with Crippen molar-refractivity contribution in [2.45, 2.75) is 6.04 Å². The van der Waals surface area contributed by atoms with E-state index in [9.17, 15) is 4.39 Å². The molecular weight excluding hydrogens is 181 g/mol. The molecule has 0 fully saturated rings. The molecule has 2 rings (SSSR count). The fourth-order valence-electron chi connectivity index (χ4n) is 1.23. The van der Waals surface area contributed by atoms with Gasteiger partial charge in [0.1, 0.15) is 18.2 Å². The minimum atomic E-state index is -0.468. The second-order valence-electron chi connectivity index (χ2n) is 2.72. The van der Waals surface area contributed by atoms with Gasteiger partial charge in [-0.2, -0.15) is 0 Å². The molecule has 1 aromatic carbocycles. The standard InChI is InChI=1S/C8H7ClFNO/c9-5-1-4-7(11)3-12-8(4)2-6(5)10/h1-2,7H,3,11H2/t7-/m0/s1. The highest BCUT2D eigenvalue weighted by Gasteiger charge is 2.22. The quantitative estimate of drug-likeness (QED) is 0.673. The van der Waals surface area contributed by atoms with Crippen LogP contribution >= 0.6 is 11.6 Å². The zero-order valence-corrected chi connectivity index (χ0v) is 6.94. The van der Waals surface area contributed by atoms with E-state index in [2.05, 4.69) is 0 Å². The summed E-state index contributed by atoms with van der Waals surface area (Å²) in [5.41, 5.74) is 6.44. The molecule has 1 aromatic rings. The van der Waals surface area contributed by atoms with E-state index in [1.807, 2.05) is 0 Å². The van der Waals surface area contributed by atoms with Crippen molar-refractivity contribution in [3.63, 3.8) is 0 Å². The first-order valence-electron chi connectivity index (χ1n) is 3.56. The lowest BCUT2D eigenvalue weighted by atomic mass is 10.1. The summed E-state index contributed by atoms with van der Waals surface area (Å²) in [5, 5.41) is 0.0923. The molecule has 0 saturated carbocycles. The first-order valence-corrected chi connectivity index (χ1v) is 3.93. The van der Waals surface area contributed by atoms with Crippen LogP contribution in [0.3, 0.4) is 0 Å². The molecule has 1 atom stereocenters. The summed E-state index contributed by atoms with van der Waals surface area (Å²) in [7, 11) is 0. The first kappa shape index (κ1) is 7.83. The highest BCUT2D eigenvalue weighted by molar-refractivity contribution is 6.30. The van der Waals surface area contributed by atoms with Gasteiger partial charge in [-0.15, -0.1) is 0 Å². The van der Waals surface area contributed by atoms with Crippen LogP contribution in [0.2, 0.25) is 5.02 Å². The molecule has 64 valence electrons. The highest BCUT2D eigenvalue weighted by atomic mass is 35.5. The third kappa shape index (κ3) is 1.06. The minimum Gasteiger partial charge on any atom is -0.491 e. The molecule has 0 aromatic heterocycles. The van der Waals surface area contributed by atoms with Gasteiger partial charge >= 0.3 is 0 Å². The van der Waals surface area contributed by atoms with Crippen LogP contribution in [0.15, 0.2) is 12.1 Å². The van der Waals surface area contributed by atoms with E-state index in [0.717, 1.165) is 5.56 Å². The largest absolute Gasteiger partial charge is 0.491 e. The third-order valence-electron chi connectivity index (χ3n) is 1.87. The Morgan fingerprint density at radius 2 is 2.33 bits per heavy atom. The van der Waals surface area contributed by atoms with Crippen molar-refractivity contribution in [2.24, 2.45) is 5.73 Å². The lowest BCUT2D eigenvalue weighted by Crippen LogP contribution is -2.10. The maximum absolute atomic E-state index is 12.8. The molecule has 12 heavy (non-hydrogen) atoms. The zero-order valence-electron chi connectivity index (χ0n) is 6.18. The van der Waals surface area contributed by atoms with Crippen LogP contribution in [0.4, 0.5) is 4.39 Å². The molecule has 0 spiro atoms. The van der Waals surface area contributed by atoms with Gasteiger partial charge in [-0.05, 0) is 6.07 Å². The minimum absolute atomic E-state index is 0.0923. The van der Waals surface area contributed by atoms with Gasteiger partial charge in [0.15, 0.2) is 0 Å². The number of rotatable bonds is 0. The molecule has 4 heteroatoms. The van der Waals surface area contributed by atoms with E-state index in [1.54, 1.807) is 0 Å². The average Bonchev–Trinajstić information content (AvgIpc) is 2.35. The Bertz CT molecular complexity index is 329. The fraction of sp³-hybridized carbons (Fsp3) is 0.250. The average molecular weight is 188 g/mol. The van der Waals surface area contributed by atoms with Crippen LogP contribution in [0.5, 0.6) is 5.75 Å². The van der Waals surface area contributed by atoms with Crippen molar-refractivity contribution in [2.75, 3.05) is 6.61 Å². The predicted molar refractivity (Wildman–Crippen MR) is 43.8 cm³/mol. The molecule has 2 nitrogen and oxygen atoms in total. The van der Waals surface area contributed by atoms with Gasteiger partial charge in [0.2, 0.25) is 0 Å². The summed E-state index contributed by atoms with van der Waals surface area (Å²) >= 11 is 5.57. The number of fused-ring (bicyclic) bond motifs is 1. The maximum Gasteiger partial charge on any atom is 0.145 e. The number of hydrogen-bond acceptors (Lipinski definition) is 2. The lowest BCUT2D eigenvalue weighted by Gasteiger charge is -2.01. The summed E-state index contributed by atoms with van der Waals surface area (Å²) in [5.74, 6) is 0.0360. The second kappa shape index (κ2) is 2.61. The van der Waals surface area contributed by atoms with E-state index < -0.39 is 5.82 Å². The van der Waals surface area contributed by atoms with Gasteiger partial charge < -0.3 is 10.5 Å². The van der Waals surface area contributed by atoms with Gasteiger partial charge in [0, 0.05) is 11.6 Å². The SMILES string of the molecule is N[C@H]1COc2cc(F)c(Cl)cc21. The molecule has 0 saturated heterocycles. The monoisotopic (exact) mass is 187 g/mol. The number of benzene rings is 1. The molecule has 1 heterocycles. The molecule has 0 radical (unpaired) electrons. The van der Waals surface area contributed by atoms with Crippen LogP contribution in [-0.2, 0) is 0 Å². The molecule has 2 N–H and O–H groups in total. The van der Waals surface area contributed by atoms with Crippen molar-refractivity contribution >= 4 is 11.6 Å². The second-order valence-corrected chi connectivity index (χ2v) is 3.13. The van der Waals surface area contributed by atoms with Crippen LogP contribution in [0.1, 0.15) is 11.6 Å². The topological polar surface area (TPSA) is 35.2 Å². The number of hydrogen-bond donors (Lipinski definition) is 1. The molecule has 1 aliphatic rings.